The minimum atomic E-state index is -3.34. The average Bonchev–Trinajstić information content (AvgIpc) is 2.84. The van der Waals surface area contributed by atoms with Crippen LogP contribution in [-0.4, -0.2) is 26.6 Å². The fourth-order valence-corrected chi connectivity index (χ4v) is 5.20. The molecule has 8 heteroatoms. The molecule has 1 unspecified atom stereocenters. The third kappa shape index (κ3) is 3.78. The molecule has 1 N–H and O–H groups in total. The van der Waals surface area contributed by atoms with Gasteiger partial charge in [-0.15, -0.1) is 0 Å². The molecule has 1 amide bonds. The van der Waals surface area contributed by atoms with E-state index in [9.17, 15) is 13.2 Å². The fourth-order valence-electron chi connectivity index (χ4n) is 3.03. The Kier molecular flexibility index (Phi) is 5.00. The predicted octanol–water partition coefficient (Wildman–Crippen LogP) is 3.91. The number of halogens is 2. The molecule has 0 saturated carbocycles. The van der Waals surface area contributed by atoms with Crippen molar-refractivity contribution in [3.8, 4) is 0 Å². The predicted molar refractivity (Wildman–Crippen MR) is 109 cm³/mol. The maximum atomic E-state index is 12.5. The zero-order valence-corrected chi connectivity index (χ0v) is 17.3. The highest BCUT2D eigenvalue weighted by molar-refractivity contribution is 14.1. The lowest BCUT2D eigenvalue weighted by Gasteiger charge is -2.21. The molecule has 0 aliphatic carbocycles. The van der Waals surface area contributed by atoms with Crippen LogP contribution in [0.4, 0.5) is 11.4 Å². The van der Waals surface area contributed by atoms with Crippen LogP contribution in [0.3, 0.4) is 0 Å². The van der Waals surface area contributed by atoms with Crippen LogP contribution in [0, 0.1) is 3.57 Å². The summed E-state index contributed by atoms with van der Waals surface area (Å²) in [6, 6.07) is 10.3. The van der Waals surface area contributed by atoms with Gasteiger partial charge >= 0.3 is 0 Å². The monoisotopic (exact) mass is 490 g/mol. The van der Waals surface area contributed by atoms with Crippen LogP contribution in [0.15, 0.2) is 36.4 Å². The summed E-state index contributed by atoms with van der Waals surface area (Å²) in [5.41, 5.74) is 2.49. The third-order valence-corrected chi connectivity index (χ3v) is 6.29. The lowest BCUT2D eigenvalue weighted by Crippen LogP contribution is -2.34. The van der Waals surface area contributed by atoms with Crippen LogP contribution < -0.4 is 9.62 Å². The number of nitrogens with one attached hydrogen (secondary N) is 1. The first-order valence-electron chi connectivity index (χ1n) is 7.55. The topological polar surface area (TPSA) is 66.5 Å². The molecule has 2 aromatic rings. The molecular formula is C17H16ClIN2O3S. The summed E-state index contributed by atoms with van der Waals surface area (Å²) in [7, 11) is -3.34. The maximum absolute atomic E-state index is 12.5. The molecule has 2 aromatic carbocycles. The summed E-state index contributed by atoms with van der Waals surface area (Å²) < 4.78 is 26.3. The van der Waals surface area contributed by atoms with Crippen molar-refractivity contribution < 1.29 is 13.2 Å². The molecule has 0 bridgehead atoms. The van der Waals surface area contributed by atoms with Gasteiger partial charge < -0.3 is 5.32 Å². The molecule has 0 fully saturated rings. The highest BCUT2D eigenvalue weighted by atomic mass is 127. The summed E-state index contributed by atoms with van der Waals surface area (Å²) in [4.78, 5) is 12.5. The van der Waals surface area contributed by atoms with E-state index in [0.717, 1.165) is 9.13 Å². The zero-order valence-electron chi connectivity index (χ0n) is 13.6. The summed E-state index contributed by atoms with van der Waals surface area (Å²) in [6.45, 7) is 1.85. The van der Waals surface area contributed by atoms with E-state index < -0.39 is 10.0 Å². The first kappa shape index (κ1) is 18.5. The van der Waals surface area contributed by atoms with E-state index in [0.29, 0.717) is 28.4 Å². The normalized spacial score (nSPS) is 16.6. The van der Waals surface area contributed by atoms with Crippen molar-refractivity contribution in [3.63, 3.8) is 0 Å². The molecule has 0 radical (unpaired) electrons. The van der Waals surface area contributed by atoms with Crippen molar-refractivity contribution >= 4 is 61.5 Å². The van der Waals surface area contributed by atoms with E-state index in [1.54, 1.807) is 30.3 Å². The molecule has 3 rings (SSSR count). The van der Waals surface area contributed by atoms with Crippen molar-refractivity contribution in [3.05, 3.63) is 56.1 Å². The second kappa shape index (κ2) is 6.77. The zero-order chi connectivity index (χ0) is 18.4. The van der Waals surface area contributed by atoms with Crippen molar-refractivity contribution in [1.29, 1.82) is 0 Å². The molecule has 0 saturated heterocycles. The minimum Gasteiger partial charge on any atom is -0.321 e. The number of sulfonamides is 1. The van der Waals surface area contributed by atoms with E-state index in [1.807, 2.05) is 13.0 Å². The molecule has 1 aliphatic heterocycles. The minimum absolute atomic E-state index is 0.158. The van der Waals surface area contributed by atoms with E-state index in [4.69, 9.17) is 11.6 Å². The number of hydrogen-bond acceptors (Lipinski definition) is 3. The van der Waals surface area contributed by atoms with E-state index >= 15 is 0 Å². The molecule has 1 atom stereocenters. The Labute approximate surface area is 165 Å². The molecular weight excluding hydrogens is 475 g/mol. The Morgan fingerprint density at radius 1 is 1.28 bits per heavy atom. The molecule has 1 heterocycles. The van der Waals surface area contributed by atoms with Gasteiger partial charge in [-0.3, -0.25) is 9.10 Å². The number of hydrogen-bond donors (Lipinski definition) is 1. The number of carbonyl (C=O) groups is 1. The number of benzene rings is 2. The molecule has 132 valence electrons. The lowest BCUT2D eigenvalue weighted by atomic mass is 10.1. The number of amides is 1. The Morgan fingerprint density at radius 3 is 2.64 bits per heavy atom. The summed E-state index contributed by atoms with van der Waals surface area (Å²) in [5, 5.41) is 3.26. The van der Waals surface area contributed by atoms with Crippen LogP contribution >= 0.6 is 34.2 Å². The van der Waals surface area contributed by atoms with Gasteiger partial charge in [0.05, 0.1) is 22.7 Å². The van der Waals surface area contributed by atoms with Gasteiger partial charge in [0.15, 0.2) is 0 Å². The number of anilines is 2. The Hall–Kier alpha value is -1.32. The Balaban J connectivity index is 1.88. The second-order valence-corrected chi connectivity index (χ2v) is 9.55. The standard InChI is InChI=1S/C17H16ClIN2O3S/c1-10-7-12-8-11(3-6-16(12)21(10)25(2,23)24)17(22)20-15-5-4-13(19)9-14(15)18/h3-6,8-10H,7H2,1-2H3,(H,20,22). The van der Waals surface area contributed by atoms with Gasteiger partial charge in [-0.05, 0) is 77.9 Å². The van der Waals surface area contributed by atoms with E-state index in [-0.39, 0.29) is 11.9 Å². The van der Waals surface area contributed by atoms with Crippen LogP contribution in [0.5, 0.6) is 0 Å². The number of rotatable bonds is 3. The average molecular weight is 491 g/mol. The lowest BCUT2D eigenvalue weighted by molar-refractivity contribution is 0.102. The maximum Gasteiger partial charge on any atom is 0.255 e. The Morgan fingerprint density at radius 2 is 2.00 bits per heavy atom. The van der Waals surface area contributed by atoms with Crippen molar-refractivity contribution in [2.75, 3.05) is 15.9 Å². The SMILES string of the molecule is CC1Cc2cc(C(=O)Nc3ccc(I)cc3Cl)ccc2N1S(C)(=O)=O. The third-order valence-electron chi connectivity index (χ3n) is 4.03. The molecule has 5 nitrogen and oxygen atoms in total. The van der Waals surface area contributed by atoms with Gasteiger partial charge in [0.2, 0.25) is 10.0 Å². The van der Waals surface area contributed by atoms with Crippen molar-refractivity contribution in [2.24, 2.45) is 0 Å². The van der Waals surface area contributed by atoms with Crippen LogP contribution in [0.1, 0.15) is 22.8 Å². The molecule has 0 aromatic heterocycles. The van der Waals surface area contributed by atoms with Gasteiger partial charge in [0.1, 0.15) is 0 Å². The van der Waals surface area contributed by atoms with E-state index in [2.05, 4.69) is 27.9 Å². The largest absolute Gasteiger partial charge is 0.321 e. The molecule has 0 spiro atoms. The Bertz CT molecular complexity index is 962. The highest BCUT2D eigenvalue weighted by Gasteiger charge is 2.32. The first-order valence-corrected chi connectivity index (χ1v) is 10.9. The van der Waals surface area contributed by atoms with Crippen molar-refractivity contribution in [2.45, 2.75) is 19.4 Å². The van der Waals surface area contributed by atoms with Gasteiger partial charge in [0.25, 0.3) is 5.91 Å². The van der Waals surface area contributed by atoms with Crippen LogP contribution in [-0.2, 0) is 16.4 Å². The van der Waals surface area contributed by atoms with Gasteiger partial charge in [-0.2, -0.15) is 0 Å². The number of nitrogens with zero attached hydrogens (tertiary/aromatic N) is 1. The summed E-state index contributed by atoms with van der Waals surface area (Å²) >= 11 is 8.30. The van der Waals surface area contributed by atoms with Gasteiger partial charge in [-0.25, -0.2) is 8.42 Å². The molecule has 25 heavy (non-hydrogen) atoms. The fraction of sp³-hybridized carbons (Fsp3) is 0.235. The van der Waals surface area contributed by atoms with Gasteiger partial charge in [-0.1, -0.05) is 11.6 Å². The highest BCUT2D eigenvalue weighted by Crippen LogP contribution is 2.35. The number of fused-ring (bicyclic) bond motifs is 1. The van der Waals surface area contributed by atoms with E-state index in [1.165, 1.54) is 10.6 Å². The quantitative estimate of drug-likeness (QED) is 0.664. The number of carbonyl (C=O) groups excluding carboxylic acids is 1. The molecule has 1 aliphatic rings. The van der Waals surface area contributed by atoms with Crippen LogP contribution in [0.2, 0.25) is 5.02 Å². The second-order valence-electron chi connectivity index (χ2n) is 6.03. The summed E-state index contributed by atoms with van der Waals surface area (Å²) in [5.74, 6) is -0.281. The van der Waals surface area contributed by atoms with Crippen LogP contribution in [0.25, 0.3) is 0 Å². The first-order chi connectivity index (χ1) is 11.7. The van der Waals surface area contributed by atoms with Crippen molar-refractivity contribution in [1.82, 2.24) is 0 Å². The summed E-state index contributed by atoms with van der Waals surface area (Å²) in [6.07, 6.45) is 1.77. The smallest absolute Gasteiger partial charge is 0.255 e. The van der Waals surface area contributed by atoms with Gasteiger partial charge in [0, 0.05) is 15.2 Å².